The molecule has 0 amide bonds. The number of hydrogen-bond donors (Lipinski definition) is 0. The highest BCUT2D eigenvalue weighted by Gasteiger charge is 2.30. The Kier molecular flexibility index (Phi) is 5.96. The summed E-state index contributed by atoms with van der Waals surface area (Å²) in [7, 11) is 0. The molecule has 0 unspecified atom stereocenters. The summed E-state index contributed by atoms with van der Waals surface area (Å²) in [6.07, 6.45) is 4.20. The van der Waals surface area contributed by atoms with Crippen LogP contribution in [0.1, 0.15) is 38.4 Å². The summed E-state index contributed by atoms with van der Waals surface area (Å²) in [6, 6.07) is 5.67. The van der Waals surface area contributed by atoms with Crippen molar-refractivity contribution in [2.75, 3.05) is 0 Å². The van der Waals surface area contributed by atoms with Crippen LogP contribution >= 0.6 is 0 Å². The lowest BCUT2D eigenvalue weighted by atomic mass is 10.1. The SMILES string of the molecule is CCCCCCc1ncc(-c2ccc(OC(F)(F)F)cc2)cn1. The van der Waals surface area contributed by atoms with E-state index in [1.54, 1.807) is 24.5 Å². The molecule has 23 heavy (non-hydrogen) atoms. The molecule has 124 valence electrons. The molecule has 2 rings (SSSR count). The molecular formula is C17H19F3N2O. The Morgan fingerprint density at radius 1 is 0.913 bits per heavy atom. The molecule has 1 aromatic heterocycles. The minimum atomic E-state index is -4.68. The van der Waals surface area contributed by atoms with E-state index in [1.165, 1.54) is 31.4 Å². The van der Waals surface area contributed by atoms with Crippen LogP contribution in [0.2, 0.25) is 0 Å². The van der Waals surface area contributed by atoms with Crippen LogP contribution in [0, 0.1) is 0 Å². The fraction of sp³-hybridized carbons (Fsp3) is 0.412. The molecule has 6 heteroatoms. The van der Waals surface area contributed by atoms with Gasteiger partial charge in [0.25, 0.3) is 0 Å². The van der Waals surface area contributed by atoms with Gasteiger partial charge in [0, 0.05) is 24.4 Å². The van der Waals surface area contributed by atoms with E-state index in [-0.39, 0.29) is 5.75 Å². The monoisotopic (exact) mass is 324 g/mol. The zero-order valence-corrected chi connectivity index (χ0v) is 12.9. The molecule has 0 aliphatic rings. The van der Waals surface area contributed by atoms with Crippen LogP contribution in [-0.2, 0) is 6.42 Å². The van der Waals surface area contributed by atoms with Crippen LogP contribution in [0.5, 0.6) is 5.75 Å². The maximum Gasteiger partial charge on any atom is 0.573 e. The van der Waals surface area contributed by atoms with E-state index in [0.29, 0.717) is 0 Å². The van der Waals surface area contributed by atoms with Crippen LogP contribution in [0.4, 0.5) is 13.2 Å². The van der Waals surface area contributed by atoms with Crippen molar-refractivity contribution in [2.24, 2.45) is 0 Å². The van der Waals surface area contributed by atoms with E-state index >= 15 is 0 Å². The Bertz CT molecular complexity index is 595. The second-order valence-electron chi connectivity index (χ2n) is 5.27. The Hall–Kier alpha value is -2.11. The average molecular weight is 324 g/mol. The zero-order valence-electron chi connectivity index (χ0n) is 12.9. The van der Waals surface area contributed by atoms with Gasteiger partial charge in [-0.3, -0.25) is 0 Å². The third kappa shape index (κ3) is 5.88. The number of alkyl halides is 3. The van der Waals surface area contributed by atoms with Gasteiger partial charge in [-0.15, -0.1) is 13.2 Å². The standard InChI is InChI=1S/C17H19F3N2O/c1-2-3-4-5-6-16-21-11-14(12-22-16)13-7-9-15(10-8-13)23-17(18,19)20/h7-12H,2-6H2,1H3. The number of aryl methyl sites for hydroxylation is 1. The summed E-state index contributed by atoms with van der Waals surface area (Å²) in [5, 5.41) is 0. The Morgan fingerprint density at radius 2 is 1.57 bits per heavy atom. The Labute approximate surface area is 133 Å². The second kappa shape index (κ2) is 7.94. The molecule has 0 aliphatic carbocycles. The molecule has 0 aliphatic heterocycles. The van der Waals surface area contributed by atoms with Crippen molar-refractivity contribution in [1.82, 2.24) is 9.97 Å². The molecule has 3 nitrogen and oxygen atoms in total. The summed E-state index contributed by atoms with van der Waals surface area (Å²) in [4.78, 5) is 8.62. The first-order chi connectivity index (χ1) is 11.0. The topological polar surface area (TPSA) is 35.0 Å². The molecule has 1 heterocycles. The number of halogens is 3. The van der Waals surface area contributed by atoms with E-state index in [4.69, 9.17) is 0 Å². The van der Waals surface area contributed by atoms with E-state index < -0.39 is 6.36 Å². The molecule has 0 N–H and O–H groups in total. The fourth-order valence-corrected chi connectivity index (χ4v) is 2.19. The lowest BCUT2D eigenvalue weighted by Crippen LogP contribution is -2.16. The first-order valence-corrected chi connectivity index (χ1v) is 7.65. The first-order valence-electron chi connectivity index (χ1n) is 7.65. The predicted octanol–water partition coefficient (Wildman–Crippen LogP) is 5.17. The van der Waals surface area contributed by atoms with Crippen LogP contribution in [-0.4, -0.2) is 16.3 Å². The van der Waals surface area contributed by atoms with Crippen LogP contribution in [0.15, 0.2) is 36.7 Å². The van der Waals surface area contributed by atoms with Gasteiger partial charge in [0.05, 0.1) is 0 Å². The minimum absolute atomic E-state index is 0.241. The van der Waals surface area contributed by atoms with Crippen LogP contribution < -0.4 is 4.74 Å². The van der Waals surface area contributed by atoms with E-state index in [9.17, 15) is 13.2 Å². The maximum absolute atomic E-state index is 12.1. The molecule has 0 bridgehead atoms. The van der Waals surface area contributed by atoms with Gasteiger partial charge >= 0.3 is 6.36 Å². The van der Waals surface area contributed by atoms with E-state index in [2.05, 4.69) is 21.6 Å². The number of benzene rings is 1. The van der Waals surface area contributed by atoms with Gasteiger partial charge in [0.15, 0.2) is 0 Å². The number of ether oxygens (including phenoxy) is 1. The number of aromatic nitrogens is 2. The van der Waals surface area contributed by atoms with Crippen molar-refractivity contribution in [3.05, 3.63) is 42.5 Å². The first kappa shape index (κ1) is 17.2. The van der Waals surface area contributed by atoms with Crippen LogP contribution in [0.25, 0.3) is 11.1 Å². The Balaban J connectivity index is 1.96. The van der Waals surface area contributed by atoms with Gasteiger partial charge in [-0.05, 0) is 24.1 Å². The molecule has 2 aromatic rings. The van der Waals surface area contributed by atoms with E-state index in [1.807, 2.05) is 0 Å². The van der Waals surface area contributed by atoms with Crippen molar-refractivity contribution in [3.63, 3.8) is 0 Å². The molecular weight excluding hydrogens is 305 g/mol. The van der Waals surface area contributed by atoms with Crippen molar-refractivity contribution < 1.29 is 17.9 Å². The second-order valence-corrected chi connectivity index (χ2v) is 5.27. The molecule has 0 fully saturated rings. The van der Waals surface area contributed by atoms with Gasteiger partial charge in [-0.2, -0.15) is 0 Å². The molecule has 0 saturated heterocycles. The highest BCUT2D eigenvalue weighted by molar-refractivity contribution is 5.62. The Morgan fingerprint density at radius 3 is 2.13 bits per heavy atom. The van der Waals surface area contributed by atoms with Crippen molar-refractivity contribution in [3.8, 4) is 16.9 Å². The summed E-state index contributed by atoms with van der Waals surface area (Å²) in [5.74, 6) is 0.552. The molecule has 0 atom stereocenters. The highest BCUT2D eigenvalue weighted by atomic mass is 19.4. The minimum Gasteiger partial charge on any atom is -0.406 e. The summed E-state index contributed by atoms with van der Waals surface area (Å²) < 4.78 is 40.2. The van der Waals surface area contributed by atoms with Gasteiger partial charge in [-0.25, -0.2) is 9.97 Å². The zero-order chi connectivity index (χ0) is 16.7. The molecule has 0 radical (unpaired) electrons. The van der Waals surface area contributed by atoms with Gasteiger partial charge < -0.3 is 4.74 Å². The molecule has 1 aromatic carbocycles. The van der Waals surface area contributed by atoms with E-state index in [0.717, 1.165) is 29.8 Å². The number of hydrogen-bond acceptors (Lipinski definition) is 3. The largest absolute Gasteiger partial charge is 0.573 e. The van der Waals surface area contributed by atoms with Gasteiger partial charge in [0.1, 0.15) is 11.6 Å². The van der Waals surface area contributed by atoms with Crippen molar-refractivity contribution >= 4 is 0 Å². The number of nitrogens with zero attached hydrogens (tertiary/aromatic N) is 2. The quantitative estimate of drug-likeness (QED) is 0.659. The smallest absolute Gasteiger partial charge is 0.406 e. The van der Waals surface area contributed by atoms with Gasteiger partial charge in [-0.1, -0.05) is 38.3 Å². The number of unbranched alkanes of at least 4 members (excludes halogenated alkanes) is 3. The average Bonchev–Trinajstić information content (AvgIpc) is 2.52. The summed E-state index contributed by atoms with van der Waals surface area (Å²) in [5.41, 5.74) is 1.51. The van der Waals surface area contributed by atoms with Crippen molar-refractivity contribution in [1.29, 1.82) is 0 Å². The third-order valence-electron chi connectivity index (χ3n) is 3.38. The summed E-state index contributed by atoms with van der Waals surface area (Å²) in [6.45, 7) is 2.16. The predicted molar refractivity (Wildman–Crippen MR) is 82.0 cm³/mol. The maximum atomic E-state index is 12.1. The lowest BCUT2D eigenvalue weighted by Gasteiger charge is -2.09. The fourth-order valence-electron chi connectivity index (χ4n) is 2.19. The van der Waals surface area contributed by atoms with Gasteiger partial charge in [0.2, 0.25) is 0 Å². The molecule has 0 saturated carbocycles. The third-order valence-corrected chi connectivity index (χ3v) is 3.38. The highest BCUT2D eigenvalue weighted by Crippen LogP contribution is 2.26. The lowest BCUT2D eigenvalue weighted by molar-refractivity contribution is -0.274. The normalized spacial score (nSPS) is 11.5. The van der Waals surface area contributed by atoms with Crippen molar-refractivity contribution in [2.45, 2.75) is 45.4 Å². The number of rotatable bonds is 7. The molecule has 0 spiro atoms. The van der Waals surface area contributed by atoms with Crippen LogP contribution in [0.3, 0.4) is 0 Å². The summed E-state index contributed by atoms with van der Waals surface area (Å²) >= 11 is 0.